The molecule has 66 valence electrons. The molecule has 1 atom stereocenters. The van der Waals surface area contributed by atoms with Crippen LogP contribution in [0.4, 0.5) is 0 Å². The summed E-state index contributed by atoms with van der Waals surface area (Å²) in [6.45, 7) is 1.11. The molecule has 4 nitrogen and oxygen atoms in total. The Bertz CT molecular complexity index is 138. The van der Waals surface area contributed by atoms with Crippen LogP contribution in [0.2, 0.25) is 0 Å². The Hall–Kier alpha value is -0.160. The summed E-state index contributed by atoms with van der Waals surface area (Å²) in [6, 6.07) is 0. The van der Waals surface area contributed by atoms with E-state index < -0.39 is 10.5 Å². The van der Waals surface area contributed by atoms with Crippen molar-refractivity contribution < 1.29 is 10.0 Å². The largest absolute Gasteiger partial charge is 0.383 e. The molecule has 0 aliphatic heterocycles. The number of nitrogens with zero attached hydrogens (tertiary/aromatic N) is 1. The molecule has 11 heavy (non-hydrogen) atoms. The fourth-order valence-electron chi connectivity index (χ4n) is 0.805. The lowest BCUT2D eigenvalue weighted by Crippen LogP contribution is -2.33. The molecule has 0 aromatic carbocycles. The SMILES string of the molecule is CC(O)(CCCBr)C[N+](=O)[O-]. The van der Waals surface area contributed by atoms with E-state index in [1.165, 1.54) is 6.92 Å². The number of halogens is 1. The van der Waals surface area contributed by atoms with Gasteiger partial charge in [0, 0.05) is 10.3 Å². The summed E-state index contributed by atoms with van der Waals surface area (Å²) in [5.41, 5.74) is -1.16. The van der Waals surface area contributed by atoms with Gasteiger partial charge in [0.1, 0.15) is 5.60 Å². The van der Waals surface area contributed by atoms with Crippen molar-refractivity contribution in [3.63, 3.8) is 0 Å². The molecule has 0 spiro atoms. The zero-order chi connectivity index (χ0) is 8.91. The lowest BCUT2D eigenvalue weighted by Gasteiger charge is -2.16. The topological polar surface area (TPSA) is 63.4 Å². The van der Waals surface area contributed by atoms with Crippen LogP contribution >= 0.6 is 15.9 Å². The maximum atomic E-state index is 10.0. The van der Waals surface area contributed by atoms with Gasteiger partial charge in [-0.15, -0.1) is 0 Å². The first-order chi connectivity index (χ1) is 4.98. The number of alkyl halides is 1. The molecule has 1 N–H and O–H groups in total. The normalized spacial score (nSPS) is 15.9. The van der Waals surface area contributed by atoms with Crippen LogP contribution in [0.25, 0.3) is 0 Å². The molecule has 0 fully saturated rings. The van der Waals surface area contributed by atoms with E-state index >= 15 is 0 Å². The van der Waals surface area contributed by atoms with E-state index in [1.54, 1.807) is 0 Å². The number of hydrogen-bond donors (Lipinski definition) is 1. The predicted molar refractivity (Wildman–Crippen MR) is 45.5 cm³/mol. The maximum absolute atomic E-state index is 10.0. The van der Waals surface area contributed by atoms with E-state index in [9.17, 15) is 15.2 Å². The highest BCUT2D eigenvalue weighted by molar-refractivity contribution is 9.09. The third-order valence-corrected chi connectivity index (χ3v) is 1.88. The fourth-order valence-corrected chi connectivity index (χ4v) is 1.09. The summed E-state index contributed by atoms with van der Waals surface area (Å²) < 4.78 is 0. The molecule has 0 bridgehead atoms. The van der Waals surface area contributed by atoms with E-state index in [4.69, 9.17) is 0 Å². The third-order valence-electron chi connectivity index (χ3n) is 1.32. The van der Waals surface area contributed by atoms with E-state index in [1.807, 2.05) is 0 Å². The predicted octanol–water partition coefficient (Wildman–Crippen LogP) is 1.19. The van der Waals surface area contributed by atoms with Crippen molar-refractivity contribution in [3.8, 4) is 0 Å². The summed E-state index contributed by atoms with van der Waals surface area (Å²) in [4.78, 5) is 9.52. The maximum Gasteiger partial charge on any atom is 0.231 e. The van der Waals surface area contributed by atoms with Crippen LogP contribution in [0.3, 0.4) is 0 Å². The summed E-state index contributed by atoms with van der Waals surface area (Å²) in [7, 11) is 0. The average Bonchev–Trinajstić information content (AvgIpc) is 1.81. The number of aliphatic hydroxyl groups is 1. The first-order valence-electron chi connectivity index (χ1n) is 3.38. The Morgan fingerprint density at radius 3 is 2.64 bits per heavy atom. The van der Waals surface area contributed by atoms with Crippen LogP contribution in [-0.2, 0) is 0 Å². The minimum Gasteiger partial charge on any atom is -0.383 e. The molecule has 0 aliphatic carbocycles. The Morgan fingerprint density at radius 2 is 2.27 bits per heavy atom. The molecule has 5 heteroatoms. The summed E-state index contributed by atoms with van der Waals surface area (Å²) in [5.74, 6) is 0. The average molecular weight is 226 g/mol. The number of nitro groups is 1. The fraction of sp³-hybridized carbons (Fsp3) is 1.00. The Morgan fingerprint density at radius 1 is 1.73 bits per heavy atom. The van der Waals surface area contributed by atoms with Gasteiger partial charge in [-0.05, 0) is 19.8 Å². The van der Waals surface area contributed by atoms with E-state index in [2.05, 4.69) is 15.9 Å². The zero-order valence-corrected chi connectivity index (χ0v) is 8.00. The second-order valence-electron chi connectivity index (χ2n) is 2.78. The van der Waals surface area contributed by atoms with Gasteiger partial charge >= 0.3 is 0 Å². The van der Waals surface area contributed by atoms with Crippen molar-refractivity contribution in [3.05, 3.63) is 10.1 Å². The highest BCUT2D eigenvalue weighted by atomic mass is 79.9. The monoisotopic (exact) mass is 225 g/mol. The molecule has 0 radical (unpaired) electrons. The summed E-state index contributed by atoms with van der Waals surface area (Å²) >= 11 is 3.19. The van der Waals surface area contributed by atoms with Gasteiger partial charge in [0.25, 0.3) is 0 Å². The molecule has 0 heterocycles. The quantitative estimate of drug-likeness (QED) is 0.435. The molecule has 0 aromatic heterocycles. The third kappa shape index (κ3) is 6.25. The van der Waals surface area contributed by atoms with Crippen molar-refractivity contribution in [1.82, 2.24) is 0 Å². The Kier molecular flexibility index (Phi) is 4.60. The Balaban J connectivity index is 3.70. The highest BCUT2D eigenvalue weighted by Crippen LogP contribution is 2.12. The van der Waals surface area contributed by atoms with Crippen molar-refractivity contribution >= 4 is 15.9 Å². The molecular formula is C6H12BrNO3. The van der Waals surface area contributed by atoms with Crippen molar-refractivity contribution in [1.29, 1.82) is 0 Å². The van der Waals surface area contributed by atoms with Gasteiger partial charge in [0.15, 0.2) is 0 Å². The van der Waals surface area contributed by atoms with Crippen LogP contribution in [-0.4, -0.2) is 27.5 Å². The minimum absolute atomic E-state index is 0.375. The van der Waals surface area contributed by atoms with Crippen molar-refractivity contribution in [2.45, 2.75) is 25.4 Å². The Labute approximate surface area is 73.9 Å². The van der Waals surface area contributed by atoms with Crippen LogP contribution in [0.15, 0.2) is 0 Å². The van der Waals surface area contributed by atoms with E-state index in [0.29, 0.717) is 6.42 Å². The van der Waals surface area contributed by atoms with Gasteiger partial charge in [0.2, 0.25) is 6.54 Å². The standard InChI is InChI=1S/C6H12BrNO3/c1-6(9,3-2-4-7)5-8(10)11/h9H,2-5H2,1H3. The first-order valence-corrected chi connectivity index (χ1v) is 4.50. The number of hydrogen-bond acceptors (Lipinski definition) is 3. The molecule has 0 amide bonds. The second kappa shape index (κ2) is 4.66. The second-order valence-corrected chi connectivity index (χ2v) is 3.57. The summed E-state index contributed by atoms with van der Waals surface area (Å²) in [5, 5.41) is 20.1. The molecule has 0 aromatic rings. The van der Waals surface area contributed by atoms with Crippen LogP contribution in [0.1, 0.15) is 19.8 Å². The smallest absolute Gasteiger partial charge is 0.231 e. The molecule has 0 saturated carbocycles. The van der Waals surface area contributed by atoms with Gasteiger partial charge in [-0.2, -0.15) is 0 Å². The van der Waals surface area contributed by atoms with Gasteiger partial charge < -0.3 is 5.11 Å². The zero-order valence-electron chi connectivity index (χ0n) is 6.42. The number of rotatable bonds is 5. The van der Waals surface area contributed by atoms with Gasteiger partial charge in [-0.1, -0.05) is 15.9 Å². The van der Waals surface area contributed by atoms with Gasteiger partial charge in [0.05, 0.1) is 0 Å². The molecule has 1 unspecified atom stereocenters. The first kappa shape index (κ1) is 10.8. The lowest BCUT2D eigenvalue weighted by molar-refractivity contribution is -0.499. The van der Waals surface area contributed by atoms with Gasteiger partial charge in [-0.25, -0.2) is 0 Å². The molecule has 0 saturated heterocycles. The van der Waals surface area contributed by atoms with Crippen LogP contribution < -0.4 is 0 Å². The van der Waals surface area contributed by atoms with E-state index in [0.717, 1.165) is 11.8 Å². The minimum atomic E-state index is -1.16. The van der Waals surface area contributed by atoms with Crippen molar-refractivity contribution in [2.75, 3.05) is 11.9 Å². The molecule has 0 rings (SSSR count). The highest BCUT2D eigenvalue weighted by Gasteiger charge is 2.25. The van der Waals surface area contributed by atoms with Crippen LogP contribution in [0, 0.1) is 10.1 Å². The van der Waals surface area contributed by atoms with E-state index in [-0.39, 0.29) is 6.54 Å². The van der Waals surface area contributed by atoms with Gasteiger partial charge in [-0.3, -0.25) is 10.1 Å². The summed E-state index contributed by atoms with van der Waals surface area (Å²) in [6.07, 6.45) is 1.21. The van der Waals surface area contributed by atoms with Crippen LogP contribution in [0.5, 0.6) is 0 Å². The van der Waals surface area contributed by atoms with Crippen molar-refractivity contribution in [2.24, 2.45) is 0 Å². The molecular weight excluding hydrogens is 214 g/mol. The molecule has 0 aliphatic rings. The lowest BCUT2D eigenvalue weighted by atomic mass is 10.0.